The minimum atomic E-state index is -0.255. The summed E-state index contributed by atoms with van der Waals surface area (Å²) < 4.78 is 13.1. The molecule has 0 spiro atoms. The highest BCUT2D eigenvalue weighted by Gasteiger charge is 2.34. The minimum Gasteiger partial charge on any atom is -0.334 e. The average molecular weight is 364 g/mol. The van der Waals surface area contributed by atoms with Crippen LogP contribution in [-0.4, -0.2) is 22.1 Å². The average Bonchev–Trinajstić information content (AvgIpc) is 3.40. The van der Waals surface area contributed by atoms with Crippen molar-refractivity contribution in [3.63, 3.8) is 0 Å². The van der Waals surface area contributed by atoms with E-state index in [-0.39, 0.29) is 17.0 Å². The van der Waals surface area contributed by atoms with Crippen molar-refractivity contribution in [1.29, 1.82) is 0 Å². The maximum atomic E-state index is 13.1. The zero-order chi connectivity index (χ0) is 17.1. The van der Waals surface area contributed by atoms with Crippen LogP contribution in [0.15, 0.2) is 53.4 Å². The lowest BCUT2D eigenvalue weighted by Gasteiger charge is -2.25. The normalized spacial score (nSPS) is 15.1. The van der Waals surface area contributed by atoms with E-state index in [1.807, 2.05) is 36.1 Å². The van der Waals surface area contributed by atoms with Crippen LogP contribution in [0.4, 0.5) is 4.39 Å². The van der Waals surface area contributed by atoms with Crippen molar-refractivity contribution in [2.75, 3.05) is 0 Å². The van der Waals surface area contributed by atoms with Crippen molar-refractivity contribution in [1.82, 2.24) is 4.90 Å². The van der Waals surface area contributed by atoms with E-state index in [4.69, 9.17) is 11.6 Å². The number of benzene rings is 2. The van der Waals surface area contributed by atoms with Crippen LogP contribution in [0.3, 0.4) is 0 Å². The Labute approximate surface area is 151 Å². The quantitative estimate of drug-likeness (QED) is 0.661. The molecule has 1 atom stereocenters. The number of thioether (sulfide) groups is 1. The van der Waals surface area contributed by atoms with Gasteiger partial charge >= 0.3 is 0 Å². The van der Waals surface area contributed by atoms with Gasteiger partial charge in [-0.1, -0.05) is 23.7 Å². The van der Waals surface area contributed by atoms with Crippen LogP contribution in [0.2, 0.25) is 5.02 Å². The summed E-state index contributed by atoms with van der Waals surface area (Å²) in [6, 6.07) is 14.2. The van der Waals surface area contributed by atoms with E-state index in [0.717, 1.165) is 23.3 Å². The van der Waals surface area contributed by atoms with Gasteiger partial charge in [-0.05, 0) is 61.7 Å². The van der Waals surface area contributed by atoms with Gasteiger partial charge in [0.15, 0.2) is 0 Å². The summed E-state index contributed by atoms with van der Waals surface area (Å²) in [6.45, 7) is 2.47. The number of hydrogen-bond acceptors (Lipinski definition) is 2. The van der Waals surface area contributed by atoms with Gasteiger partial charge in [0.25, 0.3) is 0 Å². The molecule has 2 aromatic carbocycles. The number of carbonyl (C=O) groups is 1. The molecule has 0 aromatic heterocycles. The first-order valence-corrected chi connectivity index (χ1v) is 9.26. The summed E-state index contributed by atoms with van der Waals surface area (Å²) in [5.41, 5.74) is 0.959. The van der Waals surface area contributed by atoms with Crippen molar-refractivity contribution in [2.45, 2.75) is 42.5 Å². The highest BCUT2D eigenvalue weighted by atomic mass is 35.5. The highest BCUT2D eigenvalue weighted by Crippen LogP contribution is 2.32. The molecule has 2 nitrogen and oxygen atoms in total. The van der Waals surface area contributed by atoms with Crippen LogP contribution >= 0.6 is 23.4 Å². The van der Waals surface area contributed by atoms with Crippen molar-refractivity contribution >= 4 is 29.3 Å². The van der Waals surface area contributed by atoms with Crippen LogP contribution in [0, 0.1) is 5.82 Å². The predicted molar refractivity (Wildman–Crippen MR) is 96.7 cm³/mol. The second-order valence-corrected chi connectivity index (χ2v) is 7.89. The second kappa shape index (κ2) is 7.58. The molecule has 24 heavy (non-hydrogen) atoms. The number of halogens is 2. The van der Waals surface area contributed by atoms with Gasteiger partial charge in [-0.2, -0.15) is 0 Å². The molecule has 1 unspecified atom stereocenters. The third-order valence-corrected chi connectivity index (χ3v) is 5.36. The van der Waals surface area contributed by atoms with Gasteiger partial charge in [-0.15, -0.1) is 11.8 Å². The molecule has 1 aliphatic rings. The molecule has 2 aromatic rings. The van der Waals surface area contributed by atoms with Crippen molar-refractivity contribution in [3.8, 4) is 0 Å². The van der Waals surface area contributed by atoms with Crippen molar-refractivity contribution in [2.24, 2.45) is 0 Å². The Morgan fingerprint density at radius 1 is 1.21 bits per heavy atom. The van der Waals surface area contributed by atoms with E-state index >= 15 is 0 Å². The maximum absolute atomic E-state index is 13.1. The first kappa shape index (κ1) is 17.3. The summed E-state index contributed by atoms with van der Waals surface area (Å²) in [7, 11) is 0. The van der Waals surface area contributed by atoms with E-state index in [2.05, 4.69) is 0 Å². The predicted octanol–water partition coefficient (Wildman–Crippen LogP) is 5.15. The Morgan fingerprint density at radius 2 is 1.83 bits per heavy atom. The maximum Gasteiger partial charge on any atom is 0.236 e. The van der Waals surface area contributed by atoms with Gasteiger partial charge in [0.05, 0.1) is 5.25 Å². The fourth-order valence-corrected chi connectivity index (χ4v) is 3.62. The van der Waals surface area contributed by atoms with Crippen molar-refractivity contribution in [3.05, 3.63) is 64.9 Å². The van der Waals surface area contributed by atoms with Gasteiger partial charge in [0, 0.05) is 22.5 Å². The molecule has 0 aliphatic heterocycles. The van der Waals surface area contributed by atoms with E-state index < -0.39 is 0 Å². The molecule has 1 fully saturated rings. The summed E-state index contributed by atoms with van der Waals surface area (Å²) in [5.74, 6) is -0.128. The van der Waals surface area contributed by atoms with Gasteiger partial charge in [-0.25, -0.2) is 4.39 Å². The first-order valence-electron chi connectivity index (χ1n) is 8.00. The van der Waals surface area contributed by atoms with Crippen LogP contribution in [0.25, 0.3) is 0 Å². The Kier molecular flexibility index (Phi) is 5.47. The Hall–Kier alpha value is -1.52. The number of rotatable bonds is 6. The van der Waals surface area contributed by atoms with Crippen molar-refractivity contribution < 1.29 is 9.18 Å². The van der Waals surface area contributed by atoms with Gasteiger partial charge in [0.1, 0.15) is 5.82 Å². The largest absolute Gasteiger partial charge is 0.334 e. The molecule has 0 heterocycles. The molecular formula is C19H19ClFNOS. The fraction of sp³-hybridized carbons (Fsp3) is 0.316. The Balaban J connectivity index is 1.67. The summed E-state index contributed by atoms with van der Waals surface area (Å²) in [4.78, 5) is 15.8. The number of amides is 1. The standard InChI is InChI=1S/C19H19ClFNOS/c1-13(24-18-10-4-15(20)5-11-18)19(23)22(17-8-9-17)12-14-2-6-16(21)7-3-14/h2-7,10-11,13,17H,8-9,12H2,1H3. The molecule has 126 valence electrons. The Bertz CT molecular complexity index is 700. The zero-order valence-electron chi connectivity index (χ0n) is 13.4. The third-order valence-electron chi connectivity index (χ3n) is 4.01. The van der Waals surface area contributed by atoms with Gasteiger partial charge < -0.3 is 4.90 Å². The molecule has 0 bridgehead atoms. The van der Waals surface area contributed by atoms with E-state index in [9.17, 15) is 9.18 Å². The molecule has 0 radical (unpaired) electrons. The van der Waals surface area contributed by atoms with E-state index in [1.54, 1.807) is 12.1 Å². The molecular weight excluding hydrogens is 345 g/mol. The minimum absolute atomic E-state index is 0.127. The number of carbonyl (C=O) groups excluding carboxylic acids is 1. The fourth-order valence-electron chi connectivity index (χ4n) is 2.56. The lowest BCUT2D eigenvalue weighted by Crippen LogP contribution is -2.37. The third kappa shape index (κ3) is 4.52. The first-order chi connectivity index (χ1) is 11.5. The number of nitrogens with zero attached hydrogens (tertiary/aromatic N) is 1. The van der Waals surface area contributed by atoms with Crippen LogP contribution < -0.4 is 0 Å². The lowest BCUT2D eigenvalue weighted by molar-refractivity contribution is -0.131. The molecule has 0 N–H and O–H groups in total. The second-order valence-electron chi connectivity index (χ2n) is 6.04. The Morgan fingerprint density at radius 3 is 2.42 bits per heavy atom. The molecule has 5 heteroatoms. The molecule has 1 saturated carbocycles. The monoisotopic (exact) mass is 363 g/mol. The van der Waals surface area contributed by atoms with Gasteiger partial charge in [0.2, 0.25) is 5.91 Å². The lowest BCUT2D eigenvalue weighted by atomic mass is 10.2. The van der Waals surface area contributed by atoms with Crippen LogP contribution in [0.1, 0.15) is 25.3 Å². The summed E-state index contributed by atoms with van der Waals surface area (Å²) in [5, 5.41) is 0.515. The van der Waals surface area contributed by atoms with Crippen LogP contribution in [-0.2, 0) is 11.3 Å². The number of hydrogen-bond donors (Lipinski definition) is 0. The van der Waals surface area contributed by atoms with E-state index in [1.165, 1.54) is 23.9 Å². The molecule has 3 rings (SSSR count). The summed E-state index contributed by atoms with van der Waals surface area (Å²) in [6.07, 6.45) is 2.09. The molecule has 1 amide bonds. The smallest absolute Gasteiger partial charge is 0.236 e. The topological polar surface area (TPSA) is 20.3 Å². The molecule has 0 saturated heterocycles. The van der Waals surface area contributed by atoms with Crippen LogP contribution in [0.5, 0.6) is 0 Å². The molecule has 1 aliphatic carbocycles. The van der Waals surface area contributed by atoms with E-state index in [0.29, 0.717) is 17.6 Å². The van der Waals surface area contributed by atoms with Gasteiger partial charge in [-0.3, -0.25) is 4.79 Å². The SMILES string of the molecule is CC(Sc1ccc(Cl)cc1)C(=O)N(Cc1ccc(F)cc1)C1CC1. The summed E-state index contributed by atoms with van der Waals surface area (Å²) >= 11 is 7.44. The highest BCUT2D eigenvalue weighted by molar-refractivity contribution is 8.00. The zero-order valence-corrected chi connectivity index (χ0v) is 15.0.